The summed E-state index contributed by atoms with van der Waals surface area (Å²) in [5, 5.41) is 4.52. The molecule has 1 aliphatic heterocycles. The van der Waals surface area contributed by atoms with Crippen molar-refractivity contribution in [2.45, 2.75) is 24.9 Å². The van der Waals surface area contributed by atoms with Gasteiger partial charge in [0, 0.05) is 19.3 Å². The Kier molecular flexibility index (Phi) is 5.69. The summed E-state index contributed by atoms with van der Waals surface area (Å²) in [5.41, 5.74) is -2.58. The Morgan fingerprint density at radius 1 is 1.42 bits per heavy atom. The van der Waals surface area contributed by atoms with Gasteiger partial charge in [-0.2, -0.15) is 13.2 Å². The van der Waals surface area contributed by atoms with Gasteiger partial charge in [0.05, 0.1) is 25.3 Å². The number of hydrogen-bond acceptors (Lipinski definition) is 5. The van der Waals surface area contributed by atoms with Crippen molar-refractivity contribution in [1.29, 1.82) is 0 Å². The van der Waals surface area contributed by atoms with Crippen LogP contribution in [0.15, 0.2) is 12.3 Å². The van der Waals surface area contributed by atoms with E-state index in [0.717, 1.165) is 19.2 Å². The van der Waals surface area contributed by atoms with E-state index in [2.05, 4.69) is 15.6 Å². The van der Waals surface area contributed by atoms with Crippen molar-refractivity contribution in [3.8, 4) is 5.75 Å². The molecule has 2 amide bonds. The molecule has 1 atom stereocenters. The number of rotatable bonds is 6. The summed E-state index contributed by atoms with van der Waals surface area (Å²) in [6.45, 7) is -0.298. The zero-order valence-electron chi connectivity index (χ0n) is 13.9. The number of likely N-dealkylation sites (N-methyl/N-ethyl adjacent to an activating group) is 1. The molecule has 0 bridgehead atoms. The minimum Gasteiger partial charge on any atom is -0.481 e. The highest BCUT2D eigenvalue weighted by Crippen LogP contribution is 2.40. The van der Waals surface area contributed by atoms with E-state index in [1.54, 1.807) is 0 Å². The van der Waals surface area contributed by atoms with Crippen molar-refractivity contribution in [1.82, 2.24) is 15.6 Å². The van der Waals surface area contributed by atoms with Gasteiger partial charge in [-0.25, -0.2) is 4.39 Å². The van der Waals surface area contributed by atoms with Crippen molar-refractivity contribution in [2.24, 2.45) is 0 Å². The maximum Gasteiger partial charge on any atom is 0.425 e. The van der Waals surface area contributed by atoms with Crippen LogP contribution in [0.1, 0.15) is 23.0 Å². The number of aromatic nitrogens is 1. The molecule has 0 unspecified atom stereocenters. The van der Waals surface area contributed by atoms with Crippen LogP contribution in [0, 0.1) is 0 Å². The first-order chi connectivity index (χ1) is 12.1. The number of carbonyl (C=O) groups is 2. The van der Waals surface area contributed by atoms with Crippen LogP contribution in [0.2, 0.25) is 0 Å². The number of alkyl halides is 4. The smallest absolute Gasteiger partial charge is 0.425 e. The summed E-state index contributed by atoms with van der Waals surface area (Å²) >= 11 is 0. The monoisotopic (exact) mass is 379 g/mol. The van der Waals surface area contributed by atoms with Crippen LogP contribution in [-0.4, -0.2) is 55.9 Å². The van der Waals surface area contributed by atoms with E-state index < -0.39 is 35.5 Å². The Bertz CT molecular complexity index is 692. The molecule has 2 rings (SSSR count). The zero-order valence-corrected chi connectivity index (χ0v) is 13.9. The molecule has 144 valence electrons. The van der Waals surface area contributed by atoms with Crippen molar-refractivity contribution >= 4 is 11.8 Å². The molecule has 7 nitrogen and oxygen atoms in total. The van der Waals surface area contributed by atoms with E-state index in [4.69, 9.17) is 9.47 Å². The van der Waals surface area contributed by atoms with Gasteiger partial charge in [0.1, 0.15) is 11.4 Å². The highest BCUT2D eigenvalue weighted by atomic mass is 19.4. The molecule has 1 aliphatic rings. The minimum absolute atomic E-state index is 0.234. The van der Waals surface area contributed by atoms with E-state index in [1.165, 1.54) is 7.05 Å². The number of hydrogen-bond donors (Lipinski definition) is 2. The summed E-state index contributed by atoms with van der Waals surface area (Å²) in [6.07, 6.45) is -5.97. The highest BCUT2D eigenvalue weighted by molar-refractivity contribution is 5.95. The molecule has 1 saturated heterocycles. The fourth-order valence-electron chi connectivity index (χ4n) is 2.03. The number of nitrogens with one attached hydrogen (secondary N) is 2. The van der Waals surface area contributed by atoms with Crippen molar-refractivity contribution < 1.29 is 36.6 Å². The van der Waals surface area contributed by atoms with Crippen LogP contribution < -0.4 is 15.4 Å². The van der Waals surface area contributed by atoms with Crippen LogP contribution >= 0.6 is 0 Å². The lowest BCUT2D eigenvalue weighted by Gasteiger charge is -2.35. The Hall–Kier alpha value is -2.43. The first-order valence-electron chi connectivity index (χ1n) is 7.56. The lowest BCUT2D eigenvalue weighted by molar-refractivity contribution is -0.190. The van der Waals surface area contributed by atoms with Gasteiger partial charge in [-0.15, -0.1) is 0 Å². The van der Waals surface area contributed by atoms with Gasteiger partial charge in [0.25, 0.3) is 5.91 Å². The second-order valence-corrected chi connectivity index (χ2v) is 5.68. The van der Waals surface area contributed by atoms with E-state index in [1.807, 2.05) is 0 Å². The molecule has 2 heterocycles. The molecule has 0 aromatic carbocycles. The predicted octanol–water partition coefficient (Wildman–Crippen LogP) is 1.08. The number of pyridine rings is 1. The predicted molar refractivity (Wildman–Crippen MR) is 80.4 cm³/mol. The number of carbonyl (C=O) groups excluding carboxylic acids is 2. The second kappa shape index (κ2) is 7.44. The molecule has 1 aromatic heterocycles. The average Bonchev–Trinajstić information content (AvgIpc) is 2.56. The molecule has 0 radical (unpaired) electrons. The van der Waals surface area contributed by atoms with Gasteiger partial charge in [-0.1, -0.05) is 0 Å². The van der Waals surface area contributed by atoms with Gasteiger partial charge >= 0.3 is 6.18 Å². The number of nitrogens with zero attached hydrogens (tertiary/aromatic N) is 1. The Morgan fingerprint density at radius 2 is 2.08 bits per heavy atom. The molecular weight excluding hydrogens is 362 g/mol. The van der Waals surface area contributed by atoms with E-state index in [0.29, 0.717) is 0 Å². The second-order valence-electron chi connectivity index (χ2n) is 5.68. The summed E-state index contributed by atoms with van der Waals surface area (Å²) in [5.74, 6) is -1.75. The number of ether oxygens (including phenoxy) is 2. The average molecular weight is 379 g/mol. The summed E-state index contributed by atoms with van der Waals surface area (Å²) in [6, 6.07) is 0.913. The lowest BCUT2D eigenvalue weighted by Crippen LogP contribution is -2.43. The van der Waals surface area contributed by atoms with Gasteiger partial charge < -0.3 is 20.1 Å². The Labute approximate surface area is 146 Å². The summed E-state index contributed by atoms with van der Waals surface area (Å²) < 4.78 is 62.6. The fourth-order valence-corrected chi connectivity index (χ4v) is 2.03. The first kappa shape index (κ1) is 19.9. The van der Waals surface area contributed by atoms with Gasteiger partial charge in [0.2, 0.25) is 5.91 Å². The van der Waals surface area contributed by atoms with Gasteiger partial charge in [-0.05, 0) is 6.92 Å². The third kappa shape index (κ3) is 4.40. The lowest BCUT2D eigenvalue weighted by atomic mass is 9.94. The molecule has 11 heteroatoms. The van der Waals surface area contributed by atoms with Crippen molar-refractivity contribution in [3.63, 3.8) is 0 Å². The van der Waals surface area contributed by atoms with E-state index in [-0.39, 0.29) is 31.0 Å². The highest BCUT2D eigenvalue weighted by Gasteiger charge is 2.45. The first-order valence-corrected chi connectivity index (χ1v) is 7.56. The largest absolute Gasteiger partial charge is 0.481 e. The maximum absolute atomic E-state index is 14.6. The van der Waals surface area contributed by atoms with Crippen LogP contribution in [0.5, 0.6) is 5.75 Å². The van der Waals surface area contributed by atoms with Crippen molar-refractivity contribution in [2.75, 3.05) is 26.8 Å². The SMILES string of the molecule is CNC(=O)CNC(=O)c1cc(O[C@@H](C)C(F)(F)F)c(C2(F)COC2)cn1. The molecular formula is C15H17F4N3O4. The van der Waals surface area contributed by atoms with Crippen LogP contribution in [0.4, 0.5) is 17.6 Å². The van der Waals surface area contributed by atoms with Crippen LogP contribution in [0.25, 0.3) is 0 Å². The normalized spacial score (nSPS) is 17.0. The molecule has 26 heavy (non-hydrogen) atoms. The standard InChI is InChI=1S/C15H17F4N3O4/c1-8(15(17,18)19)26-11-3-10(13(24)22-5-12(23)20-2)21-4-9(11)14(16)6-25-7-14/h3-4,8H,5-7H2,1-2H3,(H,20,23)(H,22,24)/t8-/m0/s1. The van der Waals surface area contributed by atoms with Crippen LogP contribution in [-0.2, 0) is 15.2 Å². The molecule has 0 aliphatic carbocycles. The maximum atomic E-state index is 14.6. The summed E-state index contributed by atoms with van der Waals surface area (Å²) in [7, 11) is 1.37. The Balaban J connectivity index is 2.28. The van der Waals surface area contributed by atoms with E-state index >= 15 is 0 Å². The molecule has 2 N–H and O–H groups in total. The van der Waals surface area contributed by atoms with Gasteiger partial charge in [0.15, 0.2) is 11.8 Å². The molecule has 0 saturated carbocycles. The molecule has 1 fully saturated rings. The fraction of sp³-hybridized carbons (Fsp3) is 0.533. The van der Waals surface area contributed by atoms with Crippen LogP contribution in [0.3, 0.4) is 0 Å². The van der Waals surface area contributed by atoms with E-state index in [9.17, 15) is 27.2 Å². The topological polar surface area (TPSA) is 89.6 Å². The third-order valence-electron chi connectivity index (χ3n) is 3.70. The third-order valence-corrected chi connectivity index (χ3v) is 3.70. The number of halogens is 4. The van der Waals surface area contributed by atoms with Crippen molar-refractivity contribution in [3.05, 3.63) is 23.5 Å². The molecule has 0 spiro atoms. The minimum atomic E-state index is -4.68. The zero-order chi connectivity index (χ0) is 19.5. The number of amides is 2. The Morgan fingerprint density at radius 3 is 2.58 bits per heavy atom. The van der Waals surface area contributed by atoms with Gasteiger partial charge in [-0.3, -0.25) is 14.6 Å². The molecule has 1 aromatic rings. The summed E-state index contributed by atoms with van der Waals surface area (Å²) in [4.78, 5) is 26.9. The quantitative estimate of drug-likeness (QED) is 0.722.